The summed E-state index contributed by atoms with van der Waals surface area (Å²) in [5.74, 6) is 0.378. The zero-order valence-electron chi connectivity index (χ0n) is 16.9. The highest BCUT2D eigenvalue weighted by Crippen LogP contribution is 2.23. The van der Waals surface area contributed by atoms with E-state index in [0.29, 0.717) is 21.9 Å². The molecule has 0 unspecified atom stereocenters. The minimum Gasteiger partial charge on any atom is -0.497 e. The smallest absolute Gasteiger partial charge is 0.350 e. The molecule has 0 saturated carbocycles. The van der Waals surface area contributed by atoms with Crippen molar-refractivity contribution in [2.75, 3.05) is 12.4 Å². The Bertz CT molecular complexity index is 1500. The van der Waals surface area contributed by atoms with Crippen LogP contribution in [-0.4, -0.2) is 36.8 Å². The Labute approximate surface area is 186 Å². The molecule has 1 amide bonds. The Morgan fingerprint density at radius 3 is 2.53 bits per heavy atom. The molecule has 10 heteroatoms. The first-order chi connectivity index (χ1) is 15.5. The number of aromatic nitrogens is 5. The molecule has 0 bridgehead atoms. The van der Waals surface area contributed by atoms with E-state index in [1.54, 1.807) is 48.3 Å². The average molecular weight is 449 g/mol. The molecule has 0 aliphatic rings. The number of benzene rings is 2. The summed E-state index contributed by atoms with van der Waals surface area (Å²) in [5, 5.41) is 12.2. The van der Waals surface area contributed by atoms with E-state index in [0.717, 1.165) is 21.7 Å². The Morgan fingerprint density at radius 2 is 1.81 bits per heavy atom. The molecule has 160 valence electrons. The van der Waals surface area contributed by atoms with Crippen LogP contribution in [0.5, 0.6) is 5.75 Å². The Hall–Kier alpha value is -4.11. The van der Waals surface area contributed by atoms with Crippen molar-refractivity contribution in [3.63, 3.8) is 0 Å². The SMILES string of the molecule is COc1ccc(-c2cc3c4nn(CC(=O)Nc5ccc(Cl)cc5)c(=O)n4ccn3n2)cc1. The van der Waals surface area contributed by atoms with Crippen LogP contribution in [-0.2, 0) is 11.3 Å². The van der Waals surface area contributed by atoms with Gasteiger partial charge in [0.15, 0.2) is 5.65 Å². The number of carbonyl (C=O) groups is 1. The lowest BCUT2D eigenvalue weighted by Crippen LogP contribution is -2.28. The number of carbonyl (C=O) groups excluding carboxylic acids is 1. The van der Waals surface area contributed by atoms with Crippen molar-refractivity contribution in [3.8, 4) is 17.0 Å². The second-order valence-corrected chi connectivity index (χ2v) is 7.51. The molecule has 3 heterocycles. The summed E-state index contributed by atoms with van der Waals surface area (Å²) in [6.45, 7) is -0.227. The molecule has 0 aliphatic carbocycles. The number of anilines is 1. The van der Waals surface area contributed by atoms with Gasteiger partial charge in [0.2, 0.25) is 5.91 Å². The molecular weight excluding hydrogens is 432 g/mol. The minimum absolute atomic E-state index is 0.227. The van der Waals surface area contributed by atoms with E-state index in [1.807, 2.05) is 30.3 Å². The van der Waals surface area contributed by atoms with Crippen molar-refractivity contribution in [2.45, 2.75) is 6.54 Å². The summed E-state index contributed by atoms with van der Waals surface area (Å²) in [4.78, 5) is 25.2. The molecule has 0 aliphatic heterocycles. The predicted octanol–water partition coefficient (Wildman–Crippen LogP) is 3.11. The lowest BCUT2D eigenvalue weighted by atomic mass is 10.1. The van der Waals surface area contributed by atoms with Crippen LogP contribution < -0.4 is 15.7 Å². The fourth-order valence-corrected chi connectivity index (χ4v) is 3.54. The van der Waals surface area contributed by atoms with Gasteiger partial charge in [0.25, 0.3) is 0 Å². The van der Waals surface area contributed by atoms with E-state index in [4.69, 9.17) is 16.3 Å². The van der Waals surface area contributed by atoms with E-state index in [1.165, 1.54) is 4.40 Å². The number of methoxy groups -OCH3 is 1. The molecule has 5 rings (SSSR count). The van der Waals surface area contributed by atoms with Gasteiger partial charge in [-0.3, -0.25) is 4.79 Å². The first-order valence-electron chi connectivity index (χ1n) is 9.69. The first kappa shape index (κ1) is 19.8. The second-order valence-electron chi connectivity index (χ2n) is 7.07. The van der Waals surface area contributed by atoms with Gasteiger partial charge >= 0.3 is 5.69 Å². The number of amides is 1. The van der Waals surface area contributed by atoms with Crippen LogP contribution in [0.2, 0.25) is 5.02 Å². The highest BCUT2D eigenvalue weighted by molar-refractivity contribution is 6.30. The standard InChI is InChI=1S/C22H17ClN6O3/c1-32-17-8-2-14(3-9-17)18-12-19-21-26-29(22(31)27(21)10-11-28(19)25-18)13-20(30)24-16-6-4-15(23)5-7-16/h2-12H,13H2,1H3,(H,24,30). The number of fused-ring (bicyclic) bond motifs is 3. The summed E-state index contributed by atoms with van der Waals surface area (Å²) in [6.07, 6.45) is 3.26. The van der Waals surface area contributed by atoms with Crippen LogP contribution in [0, 0.1) is 0 Å². The molecule has 1 N–H and O–H groups in total. The highest BCUT2D eigenvalue weighted by Gasteiger charge is 2.15. The summed E-state index contributed by atoms with van der Waals surface area (Å²) >= 11 is 5.86. The van der Waals surface area contributed by atoms with Crippen molar-refractivity contribution in [1.29, 1.82) is 0 Å². The monoisotopic (exact) mass is 448 g/mol. The van der Waals surface area contributed by atoms with Gasteiger partial charge in [0, 0.05) is 28.7 Å². The molecule has 32 heavy (non-hydrogen) atoms. The maximum absolute atomic E-state index is 12.8. The van der Waals surface area contributed by atoms with Crippen molar-refractivity contribution >= 4 is 34.4 Å². The molecule has 5 aromatic rings. The van der Waals surface area contributed by atoms with Gasteiger partial charge in [-0.1, -0.05) is 11.6 Å². The molecule has 3 aromatic heterocycles. The Morgan fingerprint density at radius 1 is 1.06 bits per heavy atom. The number of hydrogen-bond donors (Lipinski definition) is 1. The molecule has 9 nitrogen and oxygen atoms in total. The van der Waals surface area contributed by atoms with Gasteiger partial charge in [0.05, 0.1) is 12.8 Å². The second kappa shape index (κ2) is 7.86. The zero-order valence-corrected chi connectivity index (χ0v) is 17.7. The first-order valence-corrected chi connectivity index (χ1v) is 10.1. The van der Waals surface area contributed by atoms with E-state index in [2.05, 4.69) is 15.5 Å². The Kier molecular flexibility index (Phi) is 4.87. The largest absolute Gasteiger partial charge is 0.497 e. The number of hydrogen-bond acceptors (Lipinski definition) is 5. The third kappa shape index (κ3) is 3.58. The number of halogens is 1. The summed E-state index contributed by atoms with van der Waals surface area (Å²) < 4.78 is 9.37. The third-order valence-corrected chi connectivity index (χ3v) is 5.25. The highest BCUT2D eigenvalue weighted by atomic mass is 35.5. The van der Waals surface area contributed by atoms with Gasteiger partial charge in [-0.2, -0.15) is 5.10 Å². The Balaban J connectivity index is 1.47. The van der Waals surface area contributed by atoms with Gasteiger partial charge in [-0.15, -0.1) is 5.10 Å². The van der Waals surface area contributed by atoms with Gasteiger partial charge in [-0.25, -0.2) is 18.4 Å². The van der Waals surface area contributed by atoms with E-state index < -0.39 is 5.69 Å². The van der Waals surface area contributed by atoms with Crippen molar-refractivity contribution in [2.24, 2.45) is 0 Å². The van der Waals surface area contributed by atoms with Gasteiger partial charge in [0.1, 0.15) is 17.8 Å². The normalized spacial score (nSPS) is 11.2. The lowest BCUT2D eigenvalue weighted by Gasteiger charge is -2.04. The van der Waals surface area contributed by atoms with E-state index in [9.17, 15) is 9.59 Å². The van der Waals surface area contributed by atoms with Crippen LogP contribution in [0.25, 0.3) is 22.4 Å². The maximum Gasteiger partial charge on any atom is 0.350 e. The molecule has 0 fully saturated rings. The molecule has 0 saturated heterocycles. The maximum atomic E-state index is 12.8. The van der Waals surface area contributed by atoms with E-state index >= 15 is 0 Å². The number of nitrogens with zero attached hydrogens (tertiary/aromatic N) is 5. The van der Waals surface area contributed by atoms with Crippen LogP contribution in [0.1, 0.15) is 0 Å². The number of nitrogens with one attached hydrogen (secondary N) is 1. The molecule has 2 aromatic carbocycles. The van der Waals surface area contributed by atoms with Crippen LogP contribution >= 0.6 is 11.6 Å². The van der Waals surface area contributed by atoms with Crippen LogP contribution in [0.3, 0.4) is 0 Å². The fraction of sp³-hybridized carbons (Fsp3) is 0.0909. The van der Waals surface area contributed by atoms with Gasteiger partial charge < -0.3 is 10.1 Å². The predicted molar refractivity (Wildman–Crippen MR) is 120 cm³/mol. The summed E-state index contributed by atoms with van der Waals surface area (Å²) in [7, 11) is 1.61. The van der Waals surface area contributed by atoms with Crippen LogP contribution in [0.15, 0.2) is 71.8 Å². The zero-order chi connectivity index (χ0) is 22.2. The molecule has 0 spiro atoms. The quantitative estimate of drug-likeness (QED) is 0.446. The lowest BCUT2D eigenvalue weighted by molar-refractivity contribution is -0.117. The summed E-state index contributed by atoms with van der Waals surface area (Å²) in [6, 6.07) is 16.1. The molecule has 0 atom stereocenters. The van der Waals surface area contributed by atoms with Crippen LogP contribution in [0.4, 0.5) is 5.69 Å². The van der Waals surface area contributed by atoms with Crippen molar-refractivity contribution < 1.29 is 9.53 Å². The number of ether oxygens (including phenoxy) is 1. The molecule has 0 radical (unpaired) electrons. The van der Waals surface area contributed by atoms with E-state index in [-0.39, 0.29) is 12.5 Å². The third-order valence-electron chi connectivity index (χ3n) is 5.00. The van der Waals surface area contributed by atoms with Crippen molar-refractivity contribution in [1.82, 2.24) is 23.8 Å². The molecular formula is C22H17ClN6O3. The fourth-order valence-electron chi connectivity index (χ4n) is 3.41. The number of rotatable bonds is 5. The topological polar surface area (TPSA) is 94.9 Å². The average Bonchev–Trinajstić information content (AvgIpc) is 3.37. The van der Waals surface area contributed by atoms with Gasteiger partial charge in [-0.05, 0) is 54.6 Å². The van der Waals surface area contributed by atoms with Crippen molar-refractivity contribution in [3.05, 3.63) is 82.5 Å². The summed E-state index contributed by atoms with van der Waals surface area (Å²) in [5.41, 5.74) is 2.84. The minimum atomic E-state index is -0.416.